The van der Waals surface area contributed by atoms with Gasteiger partial charge < -0.3 is 10.1 Å². The van der Waals surface area contributed by atoms with E-state index in [4.69, 9.17) is 4.74 Å². The zero-order valence-corrected chi connectivity index (χ0v) is 13.6. The largest absolute Gasteiger partial charge is 0.384 e. The summed E-state index contributed by atoms with van der Waals surface area (Å²) in [4.78, 5) is 4.21. The van der Waals surface area contributed by atoms with E-state index in [1.54, 1.807) is 12.3 Å². The van der Waals surface area contributed by atoms with E-state index in [0.29, 0.717) is 18.8 Å². The third kappa shape index (κ3) is 3.72. The molecule has 2 unspecified atom stereocenters. The van der Waals surface area contributed by atoms with Crippen molar-refractivity contribution in [1.82, 2.24) is 9.29 Å². The van der Waals surface area contributed by atoms with Gasteiger partial charge in [-0.1, -0.05) is 6.92 Å². The normalized spacial score (nSPS) is 24.0. The van der Waals surface area contributed by atoms with Crippen LogP contribution in [0.4, 0.5) is 5.69 Å². The molecule has 1 aromatic heterocycles. The summed E-state index contributed by atoms with van der Waals surface area (Å²) in [5, 5.41) is 3.15. The maximum atomic E-state index is 12.9. The number of nitrogens with one attached hydrogen (secondary N) is 1. The lowest BCUT2D eigenvalue weighted by molar-refractivity contribution is -0.0440. The van der Waals surface area contributed by atoms with Gasteiger partial charge >= 0.3 is 0 Å². The molecule has 1 N–H and O–H groups in total. The highest BCUT2D eigenvalue weighted by Gasteiger charge is 2.33. The molecule has 1 aliphatic heterocycles. The maximum Gasteiger partial charge on any atom is 0.246 e. The van der Waals surface area contributed by atoms with Crippen LogP contribution in [0.2, 0.25) is 0 Å². The number of morpholine rings is 1. The van der Waals surface area contributed by atoms with E-state index in [1.165, 1.54) is 10.5 Å². The molecule has 0 saturated carbocycles. The second-order valence-corrected chi connectivity index (χ2v) is 7.28. The molecular formula is C14H23N3O3S. The molecule has 2 atom stereocenters. The molecule has 0 bridgehead atoms. The smallest absolute Gasteiger partial charge is 0.246 e. The molecule has 2 heterocycles. The minimum absolute atomic E-state index is 0.104. The molecule has 0 spiro atoms. The first-order chi connectivity index (χ1) is 9.95. The van der Waals surface area contributed by atoms with Crippen molar-refractivity contribution in [3.05, 3.63) is 18.5 Å². The van der Waals surface area contributed by atoms with Crippen LogP contribution in [0.3, 0.4) is 0 Å². The average Bonchev–Trinajstić information content (AvgIpc) is 2.44. The van der Waals surface area contributed by atoms with E-state index in [-0.39, 0.29) is 17.1 Å². The van der Waals surface area contributed by atoms with Crippen LogP contribution in [0.5, 0.6) is 0 Å². The fourth-order valence-corrected chi connectivity index (χ4v) is 4.16. The lowest BCUT2D eigenvalue weighted by Crippen LogP contribution is -2.48. The molecule has 2 rings (SSSR count). The summed E-state index contributed by atoms with van der Waals surface area (Å²) < 4.78 is 32.8. The molecule has 0 aliphatic carbocycles. The number of ether oxygens (including phenoxy) is 1. The molecule has 7 heteroatoms. The summed E-state index contributed by atoms with van der Waals surface area (Å²) in [5.41, 5.74) is 0.610. The quantitative estimate of drug-likeness (QED) is 0.896. The van der Waals surface area contributed by atoms with Crippen molar-refractivity contribution >= 4 is 15.7 Å². The van der Waals surface area contributed by atoms with Gasteiger partial charge in [0.15, 0.2) is 0 Å². The standard InChI is InChI=1S/C14H23N3O3S/c1-4-6-16-13-5-7-15-8-14(13)21(18,19)17-9-11(2)20-12(3)10-17/h5,7-8,11-12H,4,6,9-10H2,1-3H3,(H,15,16). The third-order valence-corrected chi connectivity index (χ3v) is 5.21. The van der Waals surface area contributed by atoms with Gasteiger partial charge in [-0.3, -0.25) is 4.98 Å². The van der Waals surface area contributed by atoms with E-state index in [0.717, 1.165) is 13.0 Å². The van der Waals surface area contributed by atoms with Gasteiger partial charge in [0.2, 0.25) is 10.0 Å². The minimum Gasteiger partial charge on any atom is -0.384 e. The SMILES string of the molecule is CCCNc1ccncc1S(=O)(=O)N1CC(C)OC(C)C1. The molecule has 1 saturated heterocycles. The number of hydrogen-bond donors (Lipinski definition) is 1. The number of hydrogen-bond acceptors (Lipinski definition) is 5. The second kappa shape index (κ2) is 6.72. The van der Waals surface area contributed by atoms with Crippen molar-refractivity contribution in [2.24, 2.45) is 0 Å². The van der Waals surface area contributed by atoms with Gasteiger partial charge in [0, 0.05) is 32.0 Å². The van der Waals surface area contributed by atoms with Crippen molar-refractivity contribution in [2.45, 2.75) is 44.3 Å². The summed E-state index contributed by atoms with van der Waals surface area (Å²) in [6.45, 7) is 7.27. The Morgan fingerprint density at radius 1 is 1.38 bits per heavy atom. The first-order valence-electron chi connectivity index (χ1n) is 7.28. The molecule has 0 amide bonds. The summed E-state index contributed by atoms with van der Waals surface area (Å²) in [5.74, 6) is 0. The molecule has 1 fully saturated rings. The Balaban J connectivity index is 2.31. The average molecular weight is 313 g/mol. The van der Waals surface area contributed by atoms with Gasteiger partial charge in [-0.2, -0.15) is 4.31 Å². The number of aromatic nitrogens is 1. The Morgan fingerprint density at radius 3 is 2.67 bits per heavy atom. The summed E-state index contributed by atoms with van der Waals surface area (Å²) in [7, 11) is -3.56. The van der Waals surface area contributed by atoms with Crippen molar-refractivity contribution in [3.63, 3.8) is 0 Å². The Kier molecular flexibility index (Phi) is 5.18. The van der Waals surface area contributed by atoms with E-state index in [1.807, 2.05) is 20.8 Å². The van der Waals surface area contributed by atoms with Crippen molar-refractivity contribution in [3.8, 4) is 0 Å². The third-order valence-electron chi connectivity index (χ3n) is 3.35. The zero-order chi connectivity index (χ0) is 15.5. The van der Waals surface area contributed by atoms with E-state index in [9.17, 15) is 8.42 Å². The van der Waals surface area contributed by atoms with Crippen LogP contribution in [-0.4, -0.2) is 49.5 Å². The number of pyridine rings is 1. The maximum absolute atomic E-state index is 12.9. The Bertz CT molecular complexity index is 567. The Labute approximate surface area is 126 Å². The number of rotatable bonds is 5. The molecule has 0 radical (unpaired) electrons. The Hall–Kier alpha value is -1.18. The number of sulfonamides is 1. The topological polar surface area (TPSA) is 71.5 Å². The highest BCUT2D eigenvalue weighted by molar-refractivity contribution is 7.89. The van der Waals surface area contributed by atoms with Crippen LogP contribution < -0.4 is 5.32 Å². The van der Waals surface area contributed by atoms with Gasteiger partial charge in [0.1, 0.15) is 4.90 Å². The van der Waals surface area contributed by atoms with Gasteiger partial charge in [-0.25, -0.2) is 8.42 Å². The number of anilines is 1. The monoisotopic (exact) mass is 313 g/mol. The van der Waals surface area contributed by atoms with Crippen LogP contribution in [0, 0.1) is 0 Å². The van der Waals surface area contributed by atoms with Crippen molar-refractivity contribution in [1.29, 1.82) is 0 Å². The summed E-state index contributed by atoms with van der Waals surface area (Å²) in [6, 6.07) is 1.70. The van der Waals surface area contributed by atoms with E-state index in [2.05, 4.69) is 10.3 Å². The lowest BCUT2D eigenvalue weighted by Gasteiger charge is -2.34. The van der Waals surface area contributed by atoms with Crippen LogP contribution in [0.1, 0.15) is 27.2 Å². The minimum atomic E-state index is -3.56. The highest BCUT2D eigenvalue weighted by atomic mass is 32.2. The van der Waals surface area contributed by atoms with Crippen LogP contribution >= 0.6 is 0 Å². The molecule has 1 aromatic rings. The first kappa shape index (κ1) is 16.2. The lowest BCUT2D eigenvalue weighted by atomic mass is 10.3. The predicted molar refractivity (Wildman–Crippen MR) is 81.8 cm³/mol. The highest BCUT2D eigenvalue weighted by Crippen LogP contribution is 2.26. The van der Waals surface area contributed by atoms with Crippen molar-refractivity contribution < 1.29 is 13.2 Å². The van der Waals surface area contributed by atoms with Gasteiger partial charge in [0.25, 0.3) is 0 Å². The van der Waals surface area contributed by atoms with Crippen LogP contribution in [-0.2, 0) is 14.8 Å². The predicted octanol–water partition coefficient (Wildman–Crippen LogP) is 1.70. The molecule has 1 aliphatic rings. The fraction of sp³-hybridized carbons (Fsp3) is 0.643. The van der Waals surface area contributed by atoms with Gasteiger partial charge in [-0.15, -0.1) is 0 Å². The Morgan fingerprint density at radius 2 is 2.05 bits per heavy atom. The molecule has 118 valence electrons. The first-order valence-corrected chi connectivity index (χ1v) is 8.72. The molecule has 21 heavy (non-hydrogen) atoms. The van der Waals surface area contributed by atoms with Crippen LogP contribution in [0.25, 0.3) is 0 Å². The molecule has 0 aromatic carbocycles. The zero-order valence-electron chi connectivity index (χ0n) is 12.7. The van der Waals surface area contributed by atoms with Crippen molar-refractivity contribution in [2.75, 3.05) is 25.0 Å². The second-order valence-electron chi connectivity index (χ2n) is 5.38. The molecule has 6 nitrogen and oxygen atoms in total. The van der Waals surface area contributed by atoms with Gasteiger partial charge in [0.05, 0.1) is 17.9 Å². The fourth-order valence-electron chi connectivity index (χ4n) is 2.46. The molecular weight excluding hydrogens is 290 g/mol. The number of nitrogens with zero attached hydrogens (tertiary/aromatic N) is 2. The summed E-state index contributed by atoms with van der Waals surface area (Å²) >= 11 is 0. The van der Waals surface area contributed by atoms with Crippen LogP contribution in [0.15, 0.2) is 23.4 Å². The summed E-state index contributed by atoms with van der Waals surface area (Å²) in [6.07, 6.45) is 3.73. The van der Waals surface area contributed by atoms with Gasteiger partial charge in [-0.05, 0) is 26.3 Å². The van der Waals surface area contributed by atoms with E-state index < -0.39 is 10.0 Å². The van der Waals surface area contributed by atoms with E-state index >= 15 is 0 Å².